The maximum atomic E-state index is 6.08. The monoisotopic (exact) mass is 279 g/mol. The summed E-state index contributed by atoms with van der Waals surface area (Å²) in [4.78, 5) is 10.6. The van der Waals surface area contributed by atoms with E-state index < -0.39 is 0 Å². The number of anilines is 1. The molecule has 2 aromatic rings. The molecule has 102 valence electrons. The number of nitrogens with zero attached hydrogens (tertiary/aromatic N) is 5. The molecule has 0 aliphatic carbocycles. The zero-order valence-electron chi connectivity index (χ0n) is 11.3. The molecule has 3 rings (SSSR count). The molecule has 0 bridgehead atoms. The van der Waals surface area contributed by atoms with Crippen LogP contribution >= 0.6 is 11.6 Å². The lowest BCUT2D eigenvalue weighted by Gasteiger charge is -2.27. The molecule has 0 atom stereocenters. The zero-order chi connectivity index (χ0) is 13.5. The van der Waals surface area contributed by atoms with E-state index in [2.05, 4.69) is 33.8 Å². The smallest absolute Gasteiger partial charge is 0.255 e. The molecule has 5 nitrogen and oxygen atoms in total. The minimum atomic E-state index is 0.419. The van der Waals surface area contributed by atoms with Crippen LogP contribution in [0.25, 0.3) is 5.78 Å². The van der Waals surface area contributed by atoms with Crippen molar-refractivity contribution in [1.82, 2.24) is 19.6 Å². The van der Waals surface area contributed by atoms with Crippen molar-refractivity contribution < 1.29 is 0 Å². The predicted molar refractivity (Wildman–Crippen MR) is 75.6 cm³/mol. The molecule has 6 heteroatoms. The molecular formula is C13H18ClN5. The summed E-state index contributed by atoms with van der Waals surface area (Å²) in [5, 5.41) is 4.72. The second-order valence-corrected chi connectivity index (χ2v) is 5.67. The lowest BCUT2D eigenvalue weighted by molar-refractivity contribution is 0.301. The van der Waals surface area contributed by atoms with Crippen LogP contribution in [-0.2, 0) is 0 Å². The van der Waals surface area contributed by atoms with Gasteiger partial charge in [-0.1, -0.05) is 25.4 Å². The van der Waals surface area contributed by atoms with E-state index in [9.17, 15) is 0 Å². The van der Waals surface area contributed by atoms with Gasteiger partial charge in [-0.05, 0) is 24.7 Å². The summed E-state index contributed by atoms with van der Waals surface area (Å²) in [6.07, 6.45) is 5.15. The normalized spacial score (nSPS) is 18.4. The highest BCUT2D eigenvalue weighted by atomic mass is 35.5. The van der Waals surface area contributed by atoms with Gasteiger partial charge in [-0.15, -0.1) is 0 Å². The van der Waals surface area contributed by atoms with Gasteiger partial charge in [0, 0.05) is 19.2 Å². The molecule has 0 radical (unpaired) electrons. The van der Waals surface area contributed by atoms with Crippen molar-refractivity contribution in [2.45, 2.75) is 33.1 Å². The molecule has 1 aliphatic rings. The van der Waals surface area contributed by atoms with E-state index in [1.54, 1.807) is 4.52 Å². The van der Waals surface area contributed by atoms with Gasteiger partial charge in [0.15, 0.2) is 0 Å². The molecule has 1 fully saturated rings. The number of hydrogen-bond donors (Lipinski definition) is 0. The summed E-state index contributed by atoms with van der Waals surface area (Å²) >= 11 is 6.08. The number of aromatic nitrogens is 4. The van der Waals surface area contributed by atoms with E-state index in [-0.39, 0.29) is 0 Å². The molecular weight excluding hydrogens is 262 g/mol. The highest BCUT2D eigenvalue weighted by Crippen LogP contribution is 2.39. The molecule has 0 saturated carbocycles. The van der Waals surface area contributed by atoms with E-state index >= 15 is 0 Å². The molecule has 0 spiro atoms. The third kappa shape index (κ3) is 2.06. The fourth-order valence-corrected chi connectivity index (χ4v) is 3.12. The zero-order valence-corrected chi connectivity index (χ0v) is 12.1. The third-order valence-electron chi connectivity index (χ3n) is 4.46. The van der Waals surface area contributed by atoms with Crippen LogP contribution in [0.2, 0.25) is 5.15 Å². The van der Waals surface area contributed by atoms with Gasteiger partial charge >= 0.3 is 0 Å². The van der Waals surface area contributed by atoms with Gasteiger partial charge in [-0.25, -0.2) is 0 Å². The Hall–Kier alpha value is -1.36. The number of rotatable bonds is 3. The first-order valence-corrected chi connectivity index (χ1v) is 7.16. The molecule has 0 amide bonds. The lowest BCUT2D eigenvalue weighted by atomic mass is 9.82. The van der Waals surface area contributed by atoms with Gasteiger partial charge in [-0.2, -0.15) is 19.6 Å². The first-order chi connectivity index (χ1) is 9.17. The van der Waals surface area contributed by atoms with E-state index in [0.717, 1.165) is 18.9 Å². The Morgan fingerprint density at radius 3 is 2.84 bits per heavy atom. The largest absolute Gasteiger partial charge is 0.356 e. The lowest BCUT2D eigenvalue weighted by Crippen LogP contribution is -2.27. The summed E-state index contributed by atoms with van der Waals surface area (Å²) in [6.45, 7) is 6.64. The van der Waals surface area contributed by atoms with Crippen LogP contribution in [0.15, 0.2) is 12.4 Å². The van der Waals surface area contributed by atoms with Gasteiger partial charge in [0.25, 0.3) is 5.78 Å². The van der Waals surface area contributed by atoms with Gasteiger partial charge < -0.3 is 4.90 Å². The van der Waals surface area contributed by atoms with Gasteiger partial charge in [-0.3, -0.25) is 0 Å². The van der Waals surface area contributed by atoms with Crippen molar-refractivity contribution >= 4 is 23.2 Å². The van der Waals surface area contributed by atoms with Crippen LogP contribution < -0.4 is 4.90 Å². The molecule has 0 aromatic carbocycles. The summed E-state index contributed by atoms with van der Waals surface area (Å²) in [6, 6.07) is 1.88. The Morgan fingerprint density at radius 1 is 1.37 bits per heavy atom. The standard InChI is InChI=1S/C13H18ClN5/c1-3-13(4-2)5-6-18(8-13)11-7-10(14)17-12-15-9-16-19(11)12/h7,9H,3-6,8H2,1-2H3. The van der Waals surface area contributed by atoms with Crippen LogP contribution in [0.1, 0.15) is 33.1 Å². The van der Waals surface area contributed by atoms with E-state index in [4.69, 9.17) is 11.6 Å². The molecule has 0 N–H and O–H groups in total. The van der Waals surface area contributed by atoms with Crippen LogP contribution in [-0.4, -0.2) is 32.7 Å². The SMILES string of the molecule is CCC1(CC)CCN(c2cc(Cl)nc3ncnn23)C1. The van der Waals surface area contributed by atoms with Crippen molar-refractivity contribution in [1.29, 1.82) is 0 Å². The quantitative estimate of drug-likeness (QED) is 0.811. The fraction of sp³-hybridized carbons (Fsp3) is 0.615. The average Bonchev–Trinajstić information content (AvgIpc) is 3.04. The average molecular weight is 280 g/mol. The fourth-order valence-electron chi connectivity index (χ4n) is 2.95. The summed E-state index contributed by atoms with van der Waals surface area (Å²) in [5.41, 5.74) is 0.419. The first-order valence-electron chi connectivity index (χ1n) is 6.79. The maximum absolute atomic E-state index is 6.08. The van der Waals surface area contributed by atoms with Crippen molar-refractivity contribution in [2.24, 2.45) is 5.41 Å². The molecule has 1 aliphatic heterocycles. The summed E-state index contributed by atoms with van der Waals surface area (Å²) in [7, 11) is 0. The molecule has 0 unspecified atom stereocenters. The predicted octanol–water partition coefficient (Wildman–Crippen LogP) is 2.79. The maximum Gasteiger partial charge on any atom is 0.255 e. The molecule has 3 heterocycles. The minimum absolute atomic E-state index is 0.419. The van der Waals surface area contributed by atoms with Gasteiger partial charge in [0.2, 0.25) is 0 Å². The van der Waals surface area contributed by atoms with Crippen LogP contribution in [0, 0.1) is 5.41 Å². The van der Waals surface area contributed by atoms with E-state index in [1.807, 2.05) is 6.07 Å². The topological polar surface area (TPSA) is 46.3 Å². The Bertz CT molecular complexity index is 590. The van der Waals surface area contributed by atoms with Gasteiger partial charge in [0.05, 0.1) is 0 Å². The summed E-state index contributed by atoms with van der Waals surface area (Å²) < 4.78 is 1.77. The minimum Gasteiger partial charge on any atom is -0.356 e. The number of halogens is 1. The second-order valence-electron chi connectivity index (χ2n) is 5.29. The van der Waals surface area contributed by atoms with Crippen molar-refractivity contribution in [3.63, 3.8) is 0 Å². The Morgan fingerprint density at radius 2 is 2.16 bits per heavy atom. The molecule has 1 saturated heterocycles. The Labute approximate surface area is 117 Å². The van der Waals surface area contributed by atoms with Crippen molar-refractivity contribution in [3.8, 4) is 0 Å². The van der Waals surface area contributed by atoms with Crippen molar-refractivity contribution in [2.75, 3.05) is 18.0 Å². The van der Waals surface area contributed by atoms with Crippen LogP contribution in [0.4, 0.5) is 5.82 Å². The second kappa shape index (κ2) is 4.63. The highest BCUT2D eigenvalue weighted by molar-refractivity contribution is 6.29. The Kier molecular flexibility index (Phi) is 3.09. The van der Waals surface area contributed by atoms with E-state index in [0.29, 0.717) is 16.3 Å². The highest BCUT2D eigenvalue weighted by Gasteiger charge is 2.36. The first kappa shape index (κ1) is 12.7. The van der Waals surface area contributed by atoms with Crippen LogP contribution in [0.5, 0.6) is 0 Å². The Balaban J connectivity index is 1.99. The van der Waals surface area contributed by atoms with E-state index in [1.165, 1.54) is 25.6 Å². The summed E-state index contributed by atoms with van der Waals surface area (Å²) in [5.74, 6) is 1.56. The van der Waals surface area contributed by atoms with Crippen molar-refractivity contribution in [3.05, 3.63) is 17.5 Å². The van der Waals surface area contributed by atoms with Gasteiger partial charge in [0.1, 0.15) is 17.3 Å². The van der Waals surface area contributed by atoms with Crippen LogP contribution in [0.3, 0.4) is 0 Å². The number of hydrogen-bond acceptors (Lipinski definition) is 4. The third-order valence-corrected chi connectivity index (χ3v) is 4.66. The molecule has 2 aromatic heterocycles. The number of fused-ring (bicyclic) bond motifs is 1. The molecule has 19 heavy (non-hydrogen) atoms.